The highest BCUT2D eigenvalue weighted by atomic mass is 16.7. The first-order valence-electron chi connectivity index (χ1n) is 26.6. The molecule has 2 aliphatic heterocycles. The lowest BCUT2D eigenvalue weighted by Crippen LogP contribution is -2.61. The number of hydrogen-bond donors (Lipinski definition) is 7. The Hall–Kier alpha value is -2.28. The standard InChI is InChI=1S/C53H94O15/c1-3-5-7-9-11-13-15-17-19-20-22-23-25-27-29-31-33-35-44(55)63-38-41(66-45(56)36-34-32-30-28-26-24-21-18-16-14-12-10-8-6-4-2)39-64-52-51(62)49(60)47(58)43(68-52)40-65-53-50(61)48(59)46(57)42(37-54)67-53/h6,8,12,14,18,21,41-43,46-54,57-62H,3-5,7,9-11,13,15-17,19-20,22-40H2,1-2H3/b8-6+,14-12+,21-18+/t41-,42+,43+,46-,47-,48?,49?,50?,51?,52+,53+/m0/s1. The molecule has 4 unspecified atom stereocenters. The van der Waals surface area contributed by atoms with Crippen molar-refractivity contribution >= 4 is 11.9 Å². The minimum absolute atomic E-state index is 0.147. The van der Waals surface area contributed by atoms with E-state index >= 15 is 0 Å². The molecule has 0 aliphatic carbocycles. The van der Waals surface area contributed by atoms with E-state index in [1.54, 1.807) is 0 Å². The van der Waals surface area contributed by atoms with Crippen molar-refractivity contribution in [2.24, 2.45) is 0 Å². The van der Waals surface area contributed by atoms with Gasteiger partial charge in [0.15, 0.2) is 18.7 Å². The van der Waals surface area contributed by atoms with Crippen LogP contribution in [0.25, 0.3) is 0 Å². The molecule has 2 fully saturated rings. The van der Waals surface area contributed by atoms with Crippen molar-refractivity contribution in [2.45, 2.75) is 261 Å². The summed E-state index contributed by atoms with van der Waals surface area (Å²) in [5.41, 5.74) is 0. The van der Waals surface area contributed by atoms with E-state index in [1.165, 1.54) is 83.5 Å². The summed E-state index contributed by atoms with van der Waals surface area (Å²) in [6, 6.07) is 0. The molecule has 0 aromatic carbocycles. The van der Waals surface area contributed by atoms with Gasteiger partial charge in [-0.3, -0.25) is 9.59 Å². The summed E-state index contributed by atoms with van der Waals surface area (Å²) in [6.45, 7) is 2.48. The molecular weight excluding hydrogens is 877 g/mol. The molecule has 68 heavy (non-hydrogen) atoms. The van der Waals surface area contributed by atoms with Gasteiger partial charge in [0.25, 0.3) is 0 Å². The minimum Gasteiger partial charge on any atom is -0.462 e. The zero-order chi connectivity index (χ0) is 49.6. The molecule has 2 rings (SSSR count). The minimum atomic E-state index is -1.77. The molecule has 7 N–H and O–H groups in total. The molecule has 2 aliphatic rings. The van der Waals surface area contributed by atoms with Gasteiger partial charge in [0, 0.05) is 12.8 Å². The third-order valence-electron chi connectivity index (χ3n) is 12.6. The van der Waals surface area contributed by atoms with Gasteiger partial charge in [-0.1, -0.05) is 172 Å². The average Bonchev–Trinajstić information content (AvgIpc) is 3.33. The number of hydrogen-bond acceptors (Lipinski definition) is 15. The SMILES string of the molecule is CC/C=C/C/C=C/C/C=C/CCCCCCCC(=O)O[C@@H](COC(=O)CCCCCCCCCCCCCCCCCCC)CO[C@@H]1O[C@H](CO[C@@H]2O[C@H](CO)[C@H](O)C(O)C2O)[C@H](O)C(O)C1O. The predicted molar refractivity (Wildman–Crippen MR) is 261 cm³/mol. The van der Waals surface area contributed by atoms with Gasteiger partial charge >= 0.3 is 11.9 Å². The van der Waals surface area contributed by atoms with Crippen molar-refractivity contribution < 1.29 is 73.8 Å². The Labute approximate surface area is 408 Å². The number of rotatable bonds is 41. The van der Waals surface area contributed by atoms with Crippen LogP contribution < -0.4 is 0 Å². The Morgan fingerprint density at radius 1 is 0.485 bits per heavy atom. The van der Waals surface area contributed by atoms with Gasteiger partial charge in [0.05, 0.1) is 19.8 Å². The van der Waals surface area contributed by atoms with E-state index in [0.717, 1.165) is 70.6 Å². The largest absolute Gasteiger partial charge is 0.462 e. The normalized spacial score (nSPS) is 26.0. The number of ether oxygens (including phenoxy) is 6. The van der Waals surface area contributed by atoms with Crippen molar-refractivity contribution in [2.75, 3.05) is 26.4 Å². The first-order valence-corrected chi connectivity index (χ1v) is 26.6. The van der Waals surface area contributed by atoms with Crippen molar-refractivity contribution in [1.29, 1.82) is 0 Å². The summed E-state index contributed by atoms with van der Waals surface area (Å²) in [4.78, 5) is 25.8. The molecule has 0 amide bonds. The van der Waals surface area contributed by atoms with E-state index in [0.29, 0.717) is 12.8 Å². The Bertz CT molecular complexity index is 1330. The Balaban J connectivity index is 1.79. The first kappa shape index (κ1) is 61.8. The Kier molecular flexibility index (Phi) is 36.7. The predicted octanol–water partition coefficient (Wildman–Crippen LogP) is 7.71. The quantitative estimate of drug-likeness (QED) is 0.0177. The van der Waals surface area contributed by atoms with E-state index in [1.807, 2.05) is 0 Å². The lowest BCUT2D eigenvalue weighted by molar-refractivity contribution is -0.332. The van der Waals surface area contributed by atoms with Gasteiger partial charge in [0.2, 0.25) is 0 Å². The van der Waals surface area contributed by atoms with Gasteiger partial charge < -0.3 is 64.2 Å². The van der Waals surface area contributed by atoms with Gasteiger partial charge in [-0.15, -0.1) is 0 Å². The van der Waals surface area contributed by atoms with Crippen LogP contribution in [0.4, 0.5) is 0 Å². The van der Waals surface area contributed by atoms with Crippen LogP contribution in [-0.4, -0.2) is 142 Å². The fourth-order valence-corrected chi connectivity index (χ4v) is 8.29. The van der Waals surface area contributed by atoms with Crippen LogP contribution in [0.1, 0.15) is 194 Å². The fraction of sp³-hybridized carbons (Fsp3) is 0.849. The topological polar surface area (TPSA) is 231 Å². The van der Waals surface area contributed by atoms with E-state index in [2.05, 4.69) is 50.3 Å². The number of aliphatic hydroxyl groups excluding tert-OH is 7. The first-order chi connectivity index (χ1) is 33.0. The second-order valence-electron chi connectivity index (χ2n) is 18.7. The van der Waals surface area contributed by atoms with E-state index in [4.69, 9.17) is 28.4 Å². The van der Waals surface area contributed by atoms with E-state index < -0.39 is 92.7 Å². The molecule has 0 spiro atoms. The average molecular weight is 971 g/mol. The molecule has 2 heterocycles. The lowest BCUT2D eigenvalue weighted by atomic mass is 9.98. The Morgan fingerprint density at radius 2 is 0.926 bits per heavy atom. The number of allylic oxidation sites excluding steroid dienone is 6. The number of aliphatic hydroxyl groups is 7. The van der Waals surface area contributed by atoms with Crippen LogP contribution in [0, 0.1) is 0 Å². The van der Waals surface area contributed by atoms with Crippen molar-refractivity contribution in [3.05, 3.63) is 36.5 Å². The third kappa shape index (κ3) is 27.9. The molecule has 0 saturated carbocycles. The molecule has 396 valence electrons. The highest BCUT2D eigenvalue weighted by Gasteiger charge is 2.47. The van der Waals surface area contributed by atoms with Gasteiger partial charge in [0.1, 0.15) is 55.4 Å². The van der Waals surface area contributed by atoms with Gasteiger partial charge in [-0.2, -0.15) is 0 Å². The molecule has 0 bridgehead atoms. The number of carbonyl (C=O) groups is 2. The smallest absolute Gasteiger partial charge is 0.306 e. The lowest BCUT2D eigenvalue weighted by Gasteiger charge is -2.42. The van der Waals surface area contributed by atoms with E-state index in [9.17, 15) is 45.3 Å². The zero-order valence-corrected chi connectivity index (χ0v) is 41.8. The highest BCUT2D eigenvalue weighted by Crippen LogP contribution is 2.26. The monoisotopic (exact) mass is 971 g/mol. The van der Waals surface area contributed by atoms with Crippen LogP contribution in [0.5, 0.6) is 0 Å². The highest BCUT2D eigenvalue weighted by molar-refractivity contribution is 5.70. The molecule has 11 atom stereocenters. The summed E-state index contributed by atoms with van der Waals surface area (Å²) in [7, 11) is 0. The molecular formula is C53H94O15. The van der Waals surface area contributed by atoms with Gasteiger partial charge in [-0.05, 0) is 44.9 Å². The maximum absolute atomic E-state index is 13.0. The Morgan fingerprint density at radius 3 is 1.46 bits per heavy atom. The second kappa shape index (κ2) is 40.3. The van der Waals surface area contributed by atoms with Crippen LogP contribution in [0.3, 0.4) is 0 Å². The molecule has 15 nitrogen and oxygen atoms in total. The summed E-state index contributed by atoms with van der Waals surface area (Å²) in [5, 5.41) is 72.1. The maximum Gasteiger partial charge on any atom is 0.306 e. The third-order valence-corrected chi connectivity index (χ3v) is 12.6. The fourth-order valence-electron chi connectivity index (χ4n) is 8.29. The summed E-state index contributed by atoms with van der Waals surface area (Å²) >= 11 is 0. The molecule has 0 aromatic rings. The van der Waals surface area contributed by atoms with Crippen molar-refractivity contribution in [1.82, 2.24) is 0 Å². The maximum atomic E-state index is 13.0. The molecule has 2 saturated heterocycles. The van der Waals surface area contributed by atoms with Crippen LogP contribution >= 0.6 is 0 Å². The van der Waals surface area contributed by atoms with Crippen LogP contribution in [-0.2, 0) is 38.0 Å². The van der Waals surface area contributed by atoms with Crippen LogP contribution in [0.15, 0.2) is 36.5 Å². The number of carbonyl (C=O) groups excluding carboxylic acids is 2. The number of esters is 2. The summed E-state index contributed by atoms with van der Waals surface area (Å²) in [6.07, 6.45) is 26.0. The molecule has 0 aromatic heterocycles. The number of unbranched alkanes of at least 4 members (excludes halogenated alkanes) is 21. The van der Waals surface area contributed by atoms with Crippen LogP contribution in [0.2, 0.25) is 0 Å². The van der Waals surface area contributed by atoms with Crippen molar-refractivity contribution in [3.8, 4) is 0 Å². The summed E-state index contributed by atoms with van der Waals surface area (Å²) < 4.78 is 33.6. The van der Waals surface area contributed by atoms with Gasteiger partial charge in [-0.25, -0.2) is 0 Å². The zero-order valence-electron chi connectivity index (χ0n) is 41.8. The molecule has 0 radical (unpaired) electrons. The van der Waals surface area contributed by atoms with E-state index in [-0.39, 0.29) is 26.1 Å². The second-order valence-corrected chi connectivity index (χ2v) is 18.7. The summed E-state index contributed by atoms with van der Waals surface area (Å²) in [5.74, 6) is -0.939. The van der Waals surface area contributed by atoms with Crippen molar-refractivity contribution in [3.63, 3.8) is 0 Å². The molecule has 15 heteroatoms.